The Morgan fingerprint density at radius 3 is 2.10 bits per heavy atom. The third-order valence-electron chi connectivity index (χ3n) is 4.69. The van der Waals surface area contributed by atoms with Gasteiger partial charge in [0.05, 0.1) is 17.7 Å². The number of ether oxygens (including phenoxy) is 1. The van der Waals surface area contributed by atoms with Crippen LogP contribution in [0.4, 0.5) is 11.4 Å². The molecule has 0 saturated carbocycles. The van der Waals surface area contributed by atoms with Crippen molar-refractivity contribution < 1.29 is 17.9 Å². The third-order valence-corrected chi connectivity index (χ3v) is 6.06. The number of carbonyl (C=O) groups excluding carboxylic acids is 1. The van der Waals surface area contributed by atoms with Crippen molar-refractivity contribution in [2.24, 2.45) is 0 Å². The second kappa shape index (κ2) is 9.49. The number of carbonyl (C=O) groups is 1. The van der Waals surface area contributed by atoms with Gasteiger partial charge in [-0.2, -0.15) is 0 Å². The molecule has 0 fully saturated rings. The Kier molecular flexibility index (Phi) is 6.77. The number of benzene rings is 3. The molecule has 0 heterocycles. The number of hydrogen-bond donors (Lipinski definition) is 2. The first kappa shape index (κ1) is 22.1. The molecule has 0 bridgehead atoms. The van der Waals surface area contributed by atoms with Crippen molar-refractivity contribution in [3.05, 3.63) is 89.5 Å². The van der Waals surface area contributed by atoms with Gasteiger partial charge in [0.1, 0.15) is 5.75 Å². The normalized spacial score (nSPS) is 11.3. The van der Waals surface area contributed by atoms with E-state index in [0.29, 0.717) is 11.4 Å². The molecule has 0 radical (unpaired) electrons. The maximum atomic E-state index is 12.7. The highest BCUT2D eigenvalue weighted by Gasteiger charge is 2.16. The van der Waals surface area contributed by atoms with E-state index in [1.54, 1.807) is 25.3 Å². The van der Waals surface area contributed by atoms with Crippen molar-refractivity contribution in [3.8, 4) is 5.75 Å². The van der Waals surface area contributed by atoms with Crippen LogP contribution in [0.3, 0.4) is 0 Å². The van der Waals surface area contributed by atoms with Gasteiger partial charge in [-0.25, -0.2) is 8.42 Å². The lowest BCUT2D eigenvalue weighted by Gasteiger charge is -2.13. The average molecular weight is 437 g/mol. The molecule has 0 spiro atoms. The summed E-state index contributed by atoms with van der Waals surface area (Å²) in [6, 6.07) is 18.9. The van der Waals surface area contributed by atoms with Crippen LogP contribution in [0.2, 0.25) is 0 Å². The van der Waals surface area contributed by atoms with Gasteiger partial charge in [-0.15, -0.1) is 0 Å². The van der Waals surface area contributed by atoms with Crippen molar-refractivity contribution in [2.45, 2.75) is 18.7 Å². The molecular formula is C24H24N2O4S. The Balaban J connectivity index is 1.66. The number of hydrogen-bond acceptors (Lipinski definition) is 4. The Bertz CT molecular complexity index is 1180. The molecule has 0 atom stereocenters. The van der Waals surface area contributed by atoms with Gasteiger partial charge in [0, 0.05) is 11.8 Å². The molecular weight excluding hydrogens is 412 g/mol. The maximum absolute atomic E-state index is 12.7. The number of nitrogens with one attached hydrogen (secondary N) is 2. The fourth-order valence-corrected chi connectivity index (χ4v) is 4.16. The van der Waals surface area contributed by atoms with E-state index < -0.39 is 10.0 Å². The highest BCUT2D eigenvalue weighted by atomic mass is 32.2. The van der Waals surface area contributed by atoms with Crippen molar-refractivity contribution in [3.63, 3.8) is 0 Å². The Morgan fingerprint density at radius 1 is 0.903 bits per heavy atom. The molecule has 2 N–H and O–H groups in total. The van der Waals surface area contributed by atoms with Gasteiger partial charge in [0.2, 0.25) is 5.91 Å². The van der Waals surface area contributed by atoms with E-state index in [0.717, 1.165) is 22.4 Å². The second-order valence-electron chi connectivity index (χ2n) is 6.99. The fourth-order valence-electron chi connectivity index (χ4n) is 2.96. The van der Waals surface area contributed by atoms with Gasteiger partial charge in [-0.05, 0) is 73.0 Å². The smallest absolute Gasteiger partial charge is 0.261 e. The van der Waals surface area contributed by atoms with E-state index in [9.17, 15) is 13.2 Å². The van der Waals surface area contributed by atoms with Crippen LogP contribution < -0.4 is 14.8 Å². The zero-order valence-corrected chi connectivity index (χ0v) is 18.4. The van der Waals surface area contributed by atoms with Crippen LogP contribution in [0.15, 0.2) is 77.7 Å². The molecule has 0 saturated heterocycles. The summed E-state index contributed by atoms with van der Waals surface area (Å²) < 4.78 is 33.2. The van der Waals surface area contributed by atoms with Gasteiger partial charge >= 0.3 is 0 Å². The summed E-state index contributed by atoms with van der Waals surface area (Å²) in [5.41, 5.74) is 3.61. The van der Waals surface area contributed by atoms with Crippen LogP contribution in [-0.2, 0) is 14.8 Å². The summed E-state index contributed by atoms with van der Waals surface area (Å²) in [6.45, 7) is 3.70. The van der Waals surface area contributed by atoms with E-state index in [4.69, 9.17) is 4.74 Å². The minimum Gasteiger partial charge on any atom is -0.497 e. The van der Waals surface area contributed by atoms with Gasteiger partial charge in [-0.3, -0.25) is 9.52 Å². The molecule has 3 rings (SSSR count). The number of para-hydroxylation sites is 1. The fraction of sp³-hybridized carbons (Fsp3) is 0.125. The summed E-state index contributed by atoms with van der Waals surface area (Å²) in [6.07, 6.45) is 3.09. The number of rotatable bonds is 7. The van der Waals surface area contributed by atoms with E-state index in [2.05, 4.69) is 10.0 Å². The zero-order chi connectivity index (χ0) is 22.4. The molecule has 3 aromatic carbocycles. The van der Waals surface area contributed by atoms with Crippen molar-refractivity contribution in [2.75, 3.05) is 17.1 Å². The quantitative estimate of drug-likeness (QED) is 0.523. The van der Waals surface area contributed by atoms with E-state index in [-0.39, 0.29) is 10.8 Å². The van der Waals surface area contributed by atoms with E-state index in [1.165, 1.54) is 18.2 Å². The molecule has 1 amide bonds. The topological polar surface area (TPSA) is 84.5 Å². The summed E-state index contributed by atoms with van der Waals surface area (Å²) >= 11 is 0. The van der Waals surface area contributed by atoms with Crippen LogP contribution in [0.5, 0.6) is 5.75 Å². The Labute approximate surface area is 182 Å². The van der Waals surface area contributed by atoms with E-state index in [1.807, 2.05) is 56.3 Å². The highest BCUT2D eigenvalue weighted by molar-refractivity contribution is 7.92. The summed E-state index contributed by atoms with van der Waals surface area (Å²) in [4.78, 5) is 12.3. The van der Waals surface area contributed by atoms with Gasteiger partial charge in [-0.1, -0.05) is 30.3 Å². The highest BCUT2D eigenvalue weighted by Crippen LogP contribution is 2.24. The first-order chi connectivity index (χ1) is 14.8. The molecule has 31 heavy (non-hydrogen) atoms. The van der Waals surface area contributed by atoms with Crippen LogP contribution in [0.25, 0.3) is 6.08 Å². The molecule has 0 aliphatic heterocycles. The average Bonchev–Trinajstić information content (AvgIpc) is 2.76. The number of sulfonamides is 1. The minimum absolute atomic E-state index is 0.113. The van der Waals surface area contributed by atoms with Gasteiger partial charge < -0.3 is 10.1 Å². The molecule has 0 aliphatic carbocycles. The Hall–Kier alpha value is -3.58. The lowest BCUT2D eigenvalue weighted by atomic mass is 10.1. The second-order valence-corrected chi connectivity index (χ2v) is 8.67. The van der Waals surface area contributed by atoms with Crippen LogP contribution in [0.1, 0.15) is 16.7 Å². The molecule has 6 nitrogen and oxygen atoms in total. The number of methoxy groups -OCH3 is 1. The van der Waals surface area contributed by atoms with Crippen LogP contribution in [-0.4, -0.2) is 21.4 Å². The first-order valence-electron chi connectivity index (χ1n) is 9.61. The molecule has 0 aliphatic rings. The molecule has 0 aromatic heterocycles. The monoisotopic (exact) mass is 436 g/mol. The van der Waals surface area contributed by atoms with Crippen molar-refractivity contribution in [1.29, 1.82) is 0 Å². The number of anilines is 2. The zero-order valence-electron chi connectivity index (χ0n) is 17.5. The van der Waals surface area contributed by atoms with Crippen molar-refractivity contribution >= 4 is 33.4 Å². The van der Waals surface area contributed by atoms with Gasteiger partial charge in [0.15, 0.2) is 0 Å². The van der Waals surface area contributed by atoms with Crippen LogP contribution in [0, 0.1) is 13.8 Å². The predicted molar refractivity (Wildman–Crippen MR) is 124 cm³/mol. The Morgan fingerprint density at radius 2 is 1.52 bits per heavy atom. The van der Waals surface area contributed by atoms with Crippen molar-refractivity contribution in [1.82, 2.24) is 0 Å². The SMILES string of the molecule is COc1ccc(/C=C/C(=O)Nc2ccc(S(=O)(=O)Nc3c(C)cccc3C)cc2)cc1. The molecule has 0 unspecified atom stereocenters. The summed E-state index contributed by atoms with van der Waals surface area (Å²) in [5.74, 6) is 0.420. The predicted octanol–water partition coefficient (Wildman–Crippen LogP) is 4.76. The van der Waals surface area contributed by atoms with E-state index >= 15 is 0 Å². The third kappa shape index (κ3) is 5.73. The maximum Gasteiger partial charge on any atom is 0.261 e. The minimum atomic E-state index is -3.74. The number of amides is 1. The number of aryl methyl sites for hydroxylation is 2. The first-order valence-corrected chi connectivity index (χ1v) is 11.1. The molecule has 3 aromatic rings. The molecule has 7 heteroatoms. The summed E-state index contributed by atoms with van der Waals surface area (Å²) in [5, 5.41) is 2.72. The van der Waals surface area contributed by atoms with Crippen LogP contribution >= 0.6 is 0 Å². The lowest BCUT2D eigenvalue weighted by Crippen LogP contribution is -2.15. The largest absolute Gasteiger partial charge is 0.497 e. The lowest BCUT2D eigenvalue weighted by molar-refractivity contribution is -0.111. The summed E-state index contributed by atoms with van der Waals surface area (Å²) in [7, 11) is -2.15. The molecule has 160 valence electrons. The van der Waals surface area contributed by atoms with Gasteiger partial charge in [0.25, 0.3) is 10.0 Å². The standard InChI is InChI=1S/C24H24N2O4S/c1-17-5-4-6-18(2)24(17)26-31(28,29)22-14-10-20(11-15-22)25-23(27)16-9-19-7-12-21(30-3)13-8-19/h4-16,26H,1-3H3,(H,25,27)/b16-9+.